The number of ether oxygens (including phenoxy) is 6. The molecule has 6 N–H and O–H groups in total. The number of benzene rings is 3. The quantitative estimate of drug-likeness (QED) is 0.119. The van der Waals surface area contributed by atoms with Crippen LogP contribution in [0.4, 0.5) is 0 Å². The van der Waals surface area contributed by atoms with Crippen molar-refractivity contribution in [3.8, 4) is 0 Å². The SMILES string of the molecule is CC(C)(C)OC(=O)CCC(CO)NC(=O)C12CC3OC(=O)C1N(Cc1ccccc1C=CCOC1OC(CO)C(O)C(O)C1O)OC2C1OC(c2ccccc2)(c2ccccc2)OC31. The van der Waals surface area contributed by atoms with Gasteiger partial charge >= 0.3 is 11.9 Å². The van der Waals surface area contributed by atoms with Crippen LogP contribution in [-0.4, -0.2) is 141 Å². The summed E-state index contributed by atoms with van der Waals surface area (Å²) in [6.45, 7) is 4.07. The van der Waals surface area contributed by atoms with E-state index in [0.29, 0.717) is 22.3 Å². The molecule has 1 saturated carbocycles. The predicted octanol–water partition coefficient (Wildman–Crippen LogP) is 1.60. The van der Waals surface area contributed by atoms with Gasteiger partial charge in [0.2, 0.25) is 11.7 Å². The molecule has 5 aliphatic rings. The number of rotatable bonds is 15. The summed E-state index contributed by atoms with van der Waals surface area (Å²) >= 11 is 0. The maximum absolute atomic E-state index is 15.1. The Morgan fingerprint density at radius 1 is 0.906 bits per heavy atom. The number of carbonyl (C=O) groups excluding carboxylic acids is 3. The fourth-order valence-corrected chi connectivity index (χ4v) is 9.44. The lowest BCUT2D eigenvalue weighted by Crippen LogP contribution is -2.70. The van der Waals surface area contributed by atoms with Gasteiger partial charge in [-0.3, -0.25) is 19.2 Å². The van der Waals surface area contributed by atoms with Gasteiger partial charge in [0.05, 0.1) is 32.4 Å². The van der Waals surface area contributed by atoms with Crippen LogP contribution in [0.5, 0.6) is 0 Å². The third-order valence-corrected chi connectivity index (χ3v) is 12.4. The number of esters is 2. The van der Waals surface area contributed by atoms with Crippen LogP contribution in [0, 0.1) is 5.41 Å². The smallest absolute Gasteiger partial charge is 0.327 e. The zero-order chi connectivity index (χ0) is 45.4. The van der Waals surface area contributed by atoms with Gasteiger partial charge in [0.15, 0.2) is 12.3 Å². The Labute approximate surface area is 370 Å². The lowest BCUT2D eigenvalue weighted by atomic mass is 9.62. The first-order chi connectivity index (χ1) is 30.7. The lowest BCUT2D eigenvalue weighted by molar-refractivity contribution is -0.298. The Hall–Kier alpha value is -4.63. The summed E-state index contributed by atoms with van der Waals surface area (Å²) in [5.41, 5.74) is 0.395. The molecule has 0 radical (unpaired) electrons. The predicted molar refractivity (Wildman–Crippen MR) is 224 cm³/mol. The van der Waals surface area contributed by atoms with E-state index < -0.39 is 115 Å². The number of nitrogens with one attached hydrogen (secondary N) is 1. The zero-order valence-electron chi connectivity index (χ0n) is 35.8. The van der Waals surface area contributed by atoms with E-state index in [9.17, 15) is 35.1 Å². The fourth-order valence-electron chi connectivity index (χ4n) is 9.44. The van der Waals surface area contributed by atoms with Crippen molar-refractivity contribution in [1.29, 1.82) is 0 Å². The molecule has 1 aliphatic carbocycles. The van der Waals surface area contributed by atoms with Crippen LogP contribution in [0.15, 0.2) is 91.0 Å². The van der Waals surface area contributed by atoms with E-state index in [1.54, 1.807) is 32.9 Å². The largest absolute Gasteiger partial charge is 0.460 e. The summed E-state index contributed by atoms with van der Waals surface area (Å²) in [6.07, 6.45) is -7.58. The van der Waals surface area contributed by atoms with Crippen molar-refractivity contribution in [2.75, 3.05) is 19.8 Å². The first-order valence-electron chi connectivity index (χ1n) is 21.6. The van der Waals surface area contributed by atoms with Gasteiger partial charge in [0, 0.05) is 24.0 Å². The maximum Gasteiger partial charge on any atom is 0.327 e. The van der Waals surface area contributed by atoms with Crippen LogP contribution in [0.2, 0.25) is 0 Å². The van der Waals surface area contributed by atoms with Gasteiger partial charge in [-0.05, 0) is 38.3 Å². The van der Waals surface area contributed by atoms with Crippen molar-refractivity contribution in [2.24, 2.45) is 5.41 Å². The molecule has 0 aromatic heterocycles. The Morgan fingerprint density at radius 3 is 2.22 bits per heavy atom. The standard InChI is InChI=1S/C47H56N2O15/c1-45(2,3)61-34(52)21-20-31(25-50)48-44(57)46-23-32-38-39(63-47(62-38,29-16-6-4-7-17-29)30-18-8-5-9-19-30)41(46)64-49(40(46)42(56)59-32)24-28-14-11-10-13-27(28)15-12-22-58-43-37(55)36(54)35(53)33(26-51)60-43/h4-19,31-33,35-41,43,50-51,53-55H,20-26H2,1-3H3,(H,48,57). The summed E-state index contributed by atoms with van der Waals surface area (Å²) < 4.78 is 36.8. The average molecular weight is 889 g/mol. The van der Waals surface area contributed by atoms with Crippen LogP contribution in [0.3, 0.4) is 0 Å². The first-order valence-corrected chi connectivity index (χ1v) is 21.6. The number of fused-ring (bicyclic) bond motifs is 4. The maximum atomic E-state index is 15.1. The van der Waals surface area contributed by atoms with Crippen molar-refractivity contribution in [3.63, 3.8) is 0 Å². The molecule has 64 heavy (non-hydrogen) atoms. The third-order valence-electron chi connectivity index (χ3n) is 12.4. The summed E-state index contributed by atoms with van der Waals surface area (Å²) in [7, 11) is 0. The molecule has 4 heterocycles. The number of amides is 1. The van der Waals surface area contributed by atoms with Crippen molar-refractivity contribution >= 4 is 23.9 Å². The van der Waals surface area contributed by atoms with E-state index in [1.807, 2.05) is 84.9 Å². The highest BCUT2D eigenvalue weighted by Gasteiger charge is 2.76. The molecule has 0 spiro atoms. The van der Waals surface area contributed by atoms with Crippen LogP contribution >= 0.6 is 0 Å². The first kappa shape index (κ1) is 45.9. The van der Waals surface area contributed by atoms with Crippen molar-refractivity contribution in [2.45, 2.75) is 125 Å². The molecule has 1 amide bonds. The normalized spacial score (nSPS) is 32.5. The zero-order valence-corrected chi connectivity index (χ0v) is 35.8. The van der Waals surface area contributed by atoms with E-state index >= 15 is 4.79 Å². The number of carbonyl (C=O) groups is 3. The molecule has 17 nitrogen and oxygen atoms in total. The van der Waals surface area contributed by atoms with Gasteiger partial charge < -0.3 is 59.3 Å². The molecule has 4 saturated heterocycles. The molecule has 3 aromatic carbocycles. The average Bonchev–Trinajstić information content (AvgIpc) is 3.87. The number of aliphatic hydroxyl groups excluding tert-OH is 5. The number of hydroxylamine groups is 2. The van der Waals surface area contributed by atoms with Crippen LogP contribution < -0.4 is 5.32 Å². The van der Waals surface area contributed by atoms with Crippen molar-refractivity contribution in [3.05, 3.63) is 113 Å². The second kappa shape index (κ2) is 18.7. The number of aliphatic hydroxyl groups is 5. The van der Waals surface area contributed by atoms with Gasteiger partial charge in [-0.25, -0.2) is 0 Å². The van der Waals surface area contributed by atoms with Gasteiger partial charge in [-0.2, -0.15) is 5.06 Å². The number of hydrogen-bond donors (Lipinski definition) is 6. The Morgan fingerprint density at radius 2 is 1.56 bits per heavy atom. The number of nitrogens with zero attached hydrogens (tertiary/aromatic N) is 1. The second-order valence-corrected chi connectivity index (χ2v) is 17.8. The van der Waals surface area contributed by atoms with Gasteiger partial charge in [0.1, 0.15) is 59.8 Å². The Kier molecular flexibility index (Phi) is 13.4. The molecule has 3 aromatic rings. The highest BCUT2D eigenvalue weighted by atomic mass is 16.8. The summed E-state index contributed by atoms with van der Waals surface area (Å²) in [5.74, 6) is -3.24. The molecule has 17 heteroatoms. The van der Waals surface area contributed by atoms with Crippen LogP contribution in [0.1, 0.15) is 62.3 Å². The summed E-state index contributed by atoms with van der Waals surface area (Å²) in [4.78, 5) is 49.1. The minimum atomic E-state index is -1.61. The van der Waals surface area contributed by atoms with Crippen LogP contribution in [-0.2, 0) is 60.0 Å². The topological polar surface area (TPSA) is 232 Å². The van der Waals surface area contributed by atoms with E-state index in [2.05, 4.69) is 5.32 Å². The van der Waals surface area contributed by atoms with Gasteiger partial charge in [-0.15, -0.1) is 0 Å². The minimum absolute atomic E-state index is 0.00163. The van der Waals surface area contributed by atoms with Crippen molar-refractivity contribution < 1.29 is 73.2 Å². The lowest BCUT2D eigenvalue weighted by Gasteiger charge is -2.49. The summed E-state index contributed by atoms with van der Waals surface area (Å²) in [5, 5.41) is 55.2. The molecule has 8 rings (SSSR count). The number of hydrogen-bond acceptors (Lipinski definition) is 16. The van der Waals surface area contributed by atoms with E-state index in [0.717, 1.165) is 0 Å². The summed E-state index contributed by atoms with van der Waals surface area (Å²) in [6, 6.07) is 23.9. The van der Waals surface area contributed by atoms with Gasteiger partial charge in [-0.1, -0.05) is 97.1 Å². The Bertz CT molecular complexity index is 2110. The van der Waals surface area contributed by atoms with Crippen molar-refractivity contribution in [1.82, 2.24) is 10.4 Å². The molecule has 4 aliphatic heterocycles. The third kappa shape index (κ3) is 8.75. The highest BCUT2D eigenvalue weighted by Crippen LogP contribution is 2.59. The van der Waals surface area contributed by atoms with Crippen LogP contribution in [0.25, 0.3) is 6.08 Å². The second-order valence-electron chi connectivity index (χ2n) is 17.8. The molecule has 2 bridgehead atoms. The highest BCUT2D eigenvalue weighted by molar-refractivity contribution is 5.94. The molecule has 12 atom stereocenters. The molecular weight excluding hydrogens is 833 g/mol. The molecule has 12 unspecified atom stereocenters. The monoisotopic (exact) mass is 888 g/mol. The Balaban J connectivity index is 1.10. The molecule has 5 fully saturated rings. The van der Waals surface area contributed by atoms with E-state index in [4.69, 9.17) is 33.3 Å². The molecule has 344 valence electrons. The van der Waals surface area contributed by atoms with E-state index in [1.165, 1.54) is 5.06 Å². The fraction of sp³-hybridized carbons (Fsp3) is 0.511. The van der Waals surface area contributed by atoms with Gasteiger partial charge in [0.25, 0.3) is 0 Å². The van der Waals surface area contributed by atoms with E-state index in [-0.39, 0.29) is 32.4 Å². The minimum Gasteiger partial charge on any atom is -0.460 e. The molecular formula is C47H56N2O15.